The zero-order chi connectivity index (χ0) is 15.1. The van der Waals surface area contributed by atoms with Gasteiger partial charge in [0.05, 0.1) is 11.3 Å². The van der Waals surface area contributed by atoms with Crippen molar-refractivity contribution in [2.45, 2.75) is 17.0 Å². The molecule has 21 heavy (non-hydrogen) atoms. The largest absolute Gasteiger partial charge is 0.308 e. The van der Waals surface area contributed by atoms with Gasteiger partial charge in [-0.1, -0.05) is 11.8 Å². The Bertz CT molecular complexity index is 828. The minimum atomic E-state index is -0.533. The quantitative estimate of drug-likeness (QED) is 0.669. The van der Waals surface area contributed by atoms with Gasteiger partial charge in [0.15, 0.2) is 5.16 Å². The molecule has 2 aromatic rings. The monoisotopic (exact) mass is 301 g/mol. The molecule has 1 aromatic heterocycles. The molecule has 1 aliphatic heterocycles. The van der Waals surface area contributed by atoms with Gasteiger partial charge < -0.3 is 9.88 Å². The molecule has 0 radical (unpaired) electrons. The number of aryl methyl sites for hydroxylation is 1. The molecule has 0 saturated carbocycles. The van der Waals surface area contributed by atoms with Crippen LogP contribution in [-0.2, 0) is 4.79 Å². The van der Waals surface area contributed by atoms with E-state index in [0.29, 0.717) is 22.1 Å². The third-order valence-corrected chi connectivity index (χ3v) is 4.01. The Labute approximate surface area is 124 Å². The second kappa shape index (κ2) is 4.85. The van der Waals surface area contributed by atoms with Crippen LogP contribution in [-0.4, -0.2) is 28.7 Å². The molecule has 0 spiro atoms. The number of nitrogens with one attached hydrogen (secondary N) is 1. The SMILES string of the molecule is Cc1cc(=O)[nH]c(Sc2ccc3c(c2)N(C)C(=O)C3=O)n1. The van der Waals surface area contributed by atoms with E-state index >= 15 is 0 Å². The summed E-state index contributed by atoms with van der Waals surface area (Å²) in [4.78, 5) is 43.7. The first-order valence-electron chi connectivity index (χ1n) is 6.18. The minimum absolute atomic E-state index is 0.214. The van der Waals surface area contributed by atoms with Crippen LogP contribution >= 0.6 is 11.8 Å². The number of likely N-dealkylation sites (N-methyl/N-ethyl adjacent to an activating group) is 1. The number of hydrogen-bond donors (Lipinski definition) is 1. The summed E-state index contributed by atoms with van der Waals surface area (Å²) >= 11 is 1.27. The van der Waals surface area contributed by atoms with E-state index in [2.05, 4.69) is 9.97 Å². The molecule has 7 heteroatoms. The number of aromatic nitrogens is 2. The van der Waals surface area contributed by atoms with Crippen molar-refractivity contribution in [2.24, 2.45) is 0 Å². The molecule has 0 atom stereocenters. The number of hydrogen-bond acceptors (Lipinski definition) is 5. The fourth-order valence-electron chi connectivity index (χ4n) is 2.13. The minimum Gasteiger partial charge on any atom is -0.308 e. The molecule has 0 aliphatic carbocycles. The number of carbonyl (C=O) groups excluding carboxylic acids is 2. The van der Waals surface area contributed by atoms with Gasteiger partial charge in [-0.2, -0.15) is 0 Å². The lowest BCUT2D eigenvalue weighted by atomic mass is 10.1. The van der Waals surface area contributed by atoms with Gasteiger partial charge in [-0.05, 0) is 25.1 Å². The maximum atomic E-state index is 11.7. The number of rotatable bonds is 2. The van der Waals surface area contributed by atoms with Crippen molar-refractivity contribution in [3.63, 3.8) is 0 Å². The predicted molar refractivity (Wildman–Crippen MR) is 77.9 cm³/mol. The highest BCUT2D eigenvalue weighted by Crippen LogP contribution is 2.33. The van der Waals surface area contributed by atoms with E-state index in [4.69, 9.17) is 0 Å². The van der Waals surface area contributed by atoms with E-state index in [9.17, 15) is 14.4 Å². The summed E-state index contributed by atoms with van der Waals surface area (Å²) in [6.07, 6.45) is 0. The Morgan fingerprint density at radius 2 is 1.95 bits per heavy atom. The first-order chi connectivity index (χ1) is 9.95. The van der Waals surface area contributed by atoms with Gasteiger partial charge >= 0.3 is 0 Å². The third kappa shape index (κ3) is 2.36. The highest BCUT2D eigenvalue weighted by molar-refractivity contribution is 7.99. The van der Waals surface area contributed by atoms with Crippen molar-refractivity contribution in [2.75, 3.05) is 11.9 Å². The summed E-state index contributed by atoms with van der Waals surface area (Å²) in [7, 11) is 1.56. The Kier molecular flexibility index (Phi) is 3.13. The summed E-state index contributed by atoms with van der Waals surface area (Å²) < 4.78 is 0. The Morgan fingerprint density at radius 3 is 2.67 bits per heavy atom. The lowest BCUT2D eigenvalue weighted by molar-refractivity contribution is -0.114. The second-order valence-electron chi connectivity index (χ2n) is 4.67. The van der Waals surface area contributed by atoms with Crippen molar-refractivity contribution in [1.29, 1.82) is 0 Å². The van der Waals surface area contributed by atoms with Gasteiger partial charge in [0.2, 0.25) is 0 Å². The van der Waals surface area contributed by atoms with Gasteiger partial charge in [0.1, 0.15) is 0 Å². The van der Waals surface area contributed by atoms with Crippen LogP contribution in [0.15, 0.2) is 39.1 Å². The number of H-pyrrole nitrogens is 1. The summed E-state index contributed by atoms with van der Waals surface area (Å²) in [6, 6.07) is 6.51. The van der Waals surface area contributed by atoms with E-state index in [1.165, 1.54) is 22.7 Å². The molecule has 6 nitrogen and oxygen atoms in total. The number of Topliss-reactive ketones (excluding diaryl/α,β-unsaturated/α-hetero) is 1. The molecule has 0 bridgehead atoms. The van der Waals surface area contributed by atoms with Crippen molar-refractivity contribution in [3.8, 4) is 0 Å². The maximum Gasteiger partial charge on any atom is 0.299 e. The van der Waals surface area contributed by atoms with E-state index in [0.717, 1.165) is 4.90 Å². The number of fused-ring (bicyclic) bond motifs is 1. The third-order valence-electron chi connectivity index (χ3n) is 3.14. The first-order valence-corrected chi connectivity index (χ1v) is 6.99. The van der Waals surface area contributed by atoms with Crippen LogP contribution in [0.2, 0.25) is 0 Å². The van der Waals surface area contributed by atoms with Crippen LogP contribution in [0.3, 0.4) is 0 Å². The molecule has 0 saturated heterocycles. The molecule has 1 aromatic carbocycles. The van der Waals surface area contributed by atoms with Crippen LogP contribution in [0.5, 0.6) is 0 Å². The summed E-state index contributed by atoms with van der Waals surface area (Å²) in [5.74, 6) is -1.03. The average molecular weight is 301 g/mol. The normalized spacial score (nSPS) is 13.7. The number of benzene rings is 1. The average Bonchev–Trinajstić information content (AvgIpc) is 2.63. The van der Waals surface area contributed by atoms with Crippen LogP contribution < -0.4 is 10.5 Å². The molecule has 1 amide bonds. The van der Waals surface area contributed by atoms with Crippen LogP contribution in [0.1, 0.15) is 16.1 Å². The molecule has 106 valence electrons. The molecule has 1 N–H and O–H groups in total. The fourth-order valence-corrected chi connectivity index (χ4v) is 3.00. The summed E-state index contributed by atoms with van der Waals surface area (Å²) in [5, 5.41) is 0.471. The number of ketones is 1. The molecule has 1 aliphatic rings. The smallest absolute Gasteiger partial charge is 0.299 e. The lowest BCUT2D eigenvalue weighted by Crippen LogP contribution is -2.24. The fraction of sp³-hybridized carbons (Fsp3) is 0.143. The maximum absolute atomic E-state index is 11.7. The van der Waals surface area contributed by atoms with Gasteiger partial charge in [0, 0.05) is 23.7 Å². The topological polar surface area (TPSA) is 83.1 Å². The molecule has 3 rings (SSSR count). The zero-order valence-corrected chi connectivity index (χ0v) is 12.2. The molecule has 2 heterocycles. The molecule has 0 unspecified atom stereocenters. The Balaban J connectivity index is 1.97. The summed E-state index contributed by atoms with van der Waals surface area (Å²) in [6.45, 7) is 1.74. The second-order valence-corrected chi connectivity index (χ2v) is 5.73. The van der Waals surface area contributed by atoms with Gasteiger partial charge in [-0.3, -0.25) is 14.4 Å². The van der Waals surface area contributed by atoms with Crippen LogP contribution in [0.25, 0.3) is 0 Å². The highest BCUT2D eigenvalue weighted by atomic mass is 32.2. The molecular formula is C14H11N3O3S. The zero-order valence-electron chi connectivity index (χ0n) is 11.3. The highest BCUT2D eigenvalue weighted by Gasteiger charge is 2.33. The van der Waals surface area contributed by atoms with E-state index in [-0.39, 0.29) is 5.56 Å². The van der Waals surface area contributed by atoms with Gasteiger partial charge in [-0.15, -0.1) is 0 Å². The van der Waals surface area contributed by atoms with Crippen LogP contribution in [0.4, 0.5) is 5.69 Å². The number of anilines is 1. The Morgan fingerprint density at radius 1 is 1.19 bits per heavy atom. The number of carbonyl (C=O) groups is 2. The van der Waals surface area contributed by atoms with Gasteiger partial charge in [-0.25, -0.2) is 4.98 Å². The van der Waals surface area contributed by atoms with Gasteiger partial charge in [0.25, 0.3) is 17.2 Å². The van der Waals surface area contributed by atoms with E-state index < -0.39 is 11.7 Å². The first kappa shape index (κ1) is 13.6. The number of nitrogens with zero attached hydrogens (tertiary/aromatic N) is 2. The van der Waals surface area contributed by atoms with Crippen molar-refractivity contribution in [3.05, 3.63) is 45.9 Å². The Hall–Kier alpha value is -2.41. The number of amides is 1. The van der Waals surface area contributed by atoms with E-state index in [1.54, 1.807) is 32.2 Å². The summed E-state index contributed by atoms with van der Waals surface area (Å²) in [5.41, 5.74) is 1.39. The van der Waals surface area contributed by atoms with Crippen molar-refractivity contribution >= 4 is 29.1 Å². The van der Waals surface area contributed by atoms with Crippen LogP contribution in [0, 0.1) is 6.92 Å². The van der Waals surface area contributed by atoms with E-state index in [1.807, 2.05) is 0 Å². The molecular weight excluding hydrogens is 290 g/mol. The number of aromatic amines is 1. The molecule has 0 fully saturated rings. The standard InChI is InChI=1S/C14H11N3O3S/c1-7-5-11(18)16-14(15-7)21-8-3-4-9-10(6-8)17(2)13(20)12(9)19/h3-6H,1-2H3,(H,15,16,18). The predicted octanol–water partition coefficient (Wildman–Crippen LogP) is 1.39. The lowest BCUT2D eigenvalue weighted by Gasteiger charge is -2.10. The van der Waals surface area contributed by atoms with Crippen molar-refractivity contribution < 1.29 is 9.59 Å². The van der Waals surface area contributed by atoms with Crippen molar-refractivity contribution in [1.82, 2.24) is 9.97 Å².